The van der Waals surface area contributed by atoms with Crippen molar-refractivity contribution in [3.05, 3.63) is 32.7 Å². The van der Waals surface area contributed by atoms with Gasteiger partial charge in [-0.2, -0.15) is 0 Å². The van der Waals surface area contributed by atoms with E-state index in [4.69, 9.17) is 5.73 Å². The second kappa shape index (κ2) is 3.19. The Morgan fingerprint density at radius 2 is 2.27 bits per heavy atom. The highest BCUT2D eigenvalue weighted by atomic mass is 79.9. The number of halogens is 1. The highest BCUT2D eigenvalue weighted by molar-refractivity contribution is 9.10. The number of aromatic amines is 1. The fourth-order valence-corrected chi connectivity index (χ4v) is 1.17. The van der Waals surface area contributed by atoms with Crippen LogP contribution in [0.5, 0.6) is 0 Å². The van der Waals surface area contributed by atoms with E-state index in [2.05, 4.69) is 20.9 Å². The minimum atomic E-state index is -0.226. The summed E-state index contributed by atoms with van der Waals surface area (Å²) in [6, 6.07) is -0.226. The van der Waals surface area contributed by atoms with Crippen LogP contribution < -0.4 is 11.2 Å². The molecule has 4 heteroatoms. The minimum absolute atomic E-state index is 0.0428. The van der Waals surface area contributed by atoms with Gasteiger partial charge in [-0.3, -0.25) is 4.79 Å². The Morgan fingerprint density at radius 1 is 1.64 bits per heavy atom. The van der Waals surface area contributed by atoms with Crippen molar-refractivity contribution in [1.29, 1.82) is 0 Å². The molecule has 0 unspecified atom stereocenters. The zero-order valence-corrected chi connectivity index (χ0v) is 7.68. The number of rotatable bonds is 1. The predicted octanol–water partition coefficient (Wildman–Crippen LogP) is 1.16. The summed E-state index contributed by atoms with van der Waals surface area (Å²) in [7, 11) is 0. The topological polar surface area (TPSA) is 58.9 Å². The van der Waals surface area contributed by atoms with E-state index in [1.54, 1.807) is 19.3 Å². The molecule has 0 radical (unpaired) electrons. The summed E-state index contributed by atoms with van der Waals surface area (Å²) in [6.07, 6.45) is 3.21. The summed E-state index contributed by atoms with van der Waals surface area (Å²) < 4.78 is 0.521. The van der Waals surface area contributed by atoms with Crippen molar-refractivity contribution in [2.75, 3.05) is 0 Å². The first-order valence-electron chi connectivity index (χ1n) is 3.25. The van der Waals surface area contributed by atoms with Gasteiger partial charge in [0, 0.05) is 24.0 Å². The van der Waals surface area contributed by atoms with Gasteiger partial charge in [0.25, 0.3) is 0 Å². The first kappa shape index (κ1) is 8.49. The zero-order valence-electron chi connectivity index (χ0n) is 6.10. The average Bonchev–Trinajstić information content (AvgIpc) is 1.94. The highest BCUT2D eigenvalue weighted by Gasteiger charge is 2.05. The standard InChI is InChI=1S/C7H9BrN2O/c1-4(9)5-2-10-3-6(8)7(5)11/h2-4H,9H2,1H3,(H,10,11)/t4-/m0/s1. The van der Waals surface area contributed by atoms with Gasteiger partial charge in [-0.1, -0.05) is 0 Å². The van der Waals surface area contributed by atoms with Gasteiger partial charge in [0.1, 0.15) is 0 Å². The summed E-state index contributed by atoms with van der Waals surface area (Å²) in [5.41, 5.74) is 6.10. The molecular weight excluding hydrogens is 208 g/mol. The van der Waals surface area contributed by atoms with Gasteiger partial charge in [0.15, 0.2) is 5.43 Å². The molecule has 0 aromatic carbocycles. The molecule has 1 aromatic rings. The first-order valence-corrected chi connectivity index (χ1v) is 4.04. The van der Waals surface area contributed by atoms with Gasteiger partial charge < -0.3 is 10.7 Å². The number of H-pyrrole nitrogens is 1. The Kier molecular flexibility index (Phi) is 2.46. The Labute approximate surface area is 72.7 Å². The normalized spacial score (nSPS) is 13.0. The van der Waals surface area contributed by atoms with Crippen LogP contribution in [-0.4, -0.2) is 4.98 Å². The monoisotopic (exact) mass is 216 g/mol. The molecule has 0 fully saturated rings. The lowest BCUT2D eigenvalue weighted by atomic mass is 10.1. The minimum Gasteiger partial charge on any atom is -0.366 e. The maximum Gasteiger partial charge on any atom is 0.200 e. The molecule has 0 saturated heterocycles. The van der Waals surface area contributed by atoms with E-state index in [0.717, 1.165) is 0 Å². The van der Waals surface area contributed by atoms with E-state index >= 15 is 0 Å². The lowest BCUT2D eigenvalue weighted by Crippen LogP contribution is -2.17. The third-order valence-corrected chi connectivity index (χ3v) is 2.01. The fraction of sp³-hybridized carbons (Fsp3) is 0.286. The average molecular weight is 217 g/mol. The van der Waals surface area contributed by atoms with Crippen molar-refractivity contribution in [2.45, 2.75) is 13.0 Å². The van der Waals surface area contributed by atoms with Crippen molar-refractivity contribution in [2.24, 2.45) is 5.73 Å². The van der Waals surface area contributed by atoms with Gasteiger partial charge in [-0.05, 0) is 22.9 Å². The van der Waals surface area contributed by atoms with Gasteiger partial charge in [-0.25, -0.2) is 0 Å². The quantitative estimate of drug-likeness (QED) is 0.741. The lowest BCUT2D eigenvalue weighted by molar-refractivity contribution is 0.801. The van der Waals surface area contributed by atoms with Crippen LogP contribution in [0.25, 0.3) is 0 Å². The Bertz CT molecular complexity index is 306. The van der Waals surface area contributed by atoms with E-state index in [-0.39, 0.29) is 11.5 Å². The van der Waals surface area contributed by atoms with Crippen LogP contribution >= 0.6 is 15.9 Å². The van der Waals surface area contributed by atoms with E-state index in [1.165, 1.54) is 0 Å². The largest absolute Gasteiger partial charge is 0.366 e. The molecule has 0 amide bonds. The molecule has 0 aliphatic carbocycles. The summed E-state index contributed by atoms with van der Waals surface area (Å²) in [5, 5.41) is 0. The second-order valence-electron chi connectivity index (χ2n) is 2.38. The predicted molar refractivity (Wildman–Crippen MR) is 47.4 cm³/mol. The van der Waals surface area contributed by atoms with Crippen LogP contribution in [0, 0.1) is 0 Å². The number of nitrogens with one attached hydrogen (secondary N) is 1. The van der Waals surface area contributed by atoms with Gasteiger partial charge in [0.2, 0.25) is 0 Å². The number of pyridine rings is 1. The van der Waals surface area contributed by atoms with Crippen LogP contribution in [0.1, 0.15) is 18.5 Å². The van der Waals surface area contributed by atoms with Gasteiger partial charge >= 0.3 is 0 Å². The summed E-state index contributed by atoms with van der Waals surface area (Å²) in [6.45, 7) is 1.77. The maximum absolute atomic E-state index is 11.3. The smallest absolute Gasteiger partial charge is 0.200 e. The molecule has 0 aliphatic rings. The van der Waals surface area contributed by atoms with Crippen LogP contribution in [-0.2, 0) is 0 Å². The van der Waals surface area contributed by atoms with Crippen LogP contribution in [0.4, 0.5) is 0 Å². The van der Waals surface area contributed by atoms with Gasteiger partial charge in [-0.15, -0.1) is 0 Å². The van der Waals surface area contributed by atoms with E-state index in [1.807, 2.05) is 0 Å². The van der Waals surface area contributed by atoms with E-state index in [0.29, 0.717) is 10.0 Å². The molecule has 1 atom stereocenters. The molecule has 0 spiro atoms. The van der Waals surface area contributed by atoms with Crippen molar-refractivity contribution in [1.82, 2.24) is 4.98 Å². The van der Waals surface area contributed by atoms with E-state index < -0.39 is 0 Å². The molecule has 11 heavy (non-hydrogen) atoms. The molecule has 1 heterocycles. The molecule has 1 rings (SSSR count). The Balaban J connectivity index is 3.28. The fourth-order valence-electron chi connectivity index (χ4n) is 0.812. The van der Waals surface area contributed by atoms with Crippen LogP contribution in [0.2, 0.25) is 0 Å². The molecule has 0 saturated carbocycles. The molecular formula is C7H9BrN2O. The highest BCUT2D eigenvalue weighted by Crippen LogP contribution is 2.06. The van der Waals surface area contributed by atoms with Gasteiger partial charge in [0.05, 0.1) is 4.47 Å². The lowest BCUT2D eigenvalue weighted by Gasteiger charge is -2.02. The summed E-state index contributed by atoms with van der Waals surface area (Å²) >= 11 is 3.12. The maximum atomic E-state index is 11.3. The number of hydrogen-bond donors (Lipinski definition) is 2. The second-order valence-corrected chi connectivity index (χ2v) is 3.23. The number of nitrogens with two attached hydrogens (primary N) is 1. The number of hydrogen-bond acceptors (Lipinski definition) is 2. The first-order chi connectivity index (χ1) is 5.13. The summed E-state index contributed by atoms with van der Waals surface area (Å²) in [5.74, 6) is 0. The SMILES string of the molecule is C[C@H](N)c1c[nH]cc(Br)c1=O. The zero-order chi connectivity index (χ0) is 8.43. The molecule has 3 nitrogen and oxygen atoms in total. The van der Waals surface area contributed by atoms with Crippen molar-refractivity contribution < 1.29 is 0 Å². The third kappa shape index (κ3) is 1.70. The molecule has 0 aliphatic heterocycles. The third-order valence-electron chi connectivity index (χ3n) is 1.42. The Hall–Kier alpha value is -0.610. The van der Waals surface area contributed by atoms with E-state index in [9.17, 15) is 4.79 Å². The molecule has 3 N–H and O–H groups in total. The molecule has 60 valence electrons. The van der Waals surface area contributed by atoms with Crippen molar-refractivity contribution in [3.63, 3.8) is 0 Å². The molecule has 0 bridgehead atoms. The van der Waals surface area contributed by atoms with Crippen molar-refractivity contribution in [3.8, 4) is 0 Å². The summed E-state index contributed by atoms with van der Waals surface area (Å²) in [4.78, 5) is 14.1. The Morgan fingerprint density at radius 3 is 2.73 bits per heavy atom. The van der Waals surface area contributed by atoms with Crippen LogP contribution in [0.15, 0.2) is 21.7 Å². The van der Waals surface area contributed by atoms with Crippen molar-refractivity contribution >= 4 is 15.9 Å². The number of aromatic nitrogens is 1. The van der Waals surface area contributed by atoms with Crippen LogP contribution in [0.3, 0.4) is 0 Å². The molecule has 1 aromatic heterocycles.